The molecule has 252 valence electrons. The van der Waals surface area contributed by atoms with E-state index >= 15 is 8.78 Å². The molecule has 16 heteroatoms. The van der Waals surface area contributed by atoms with Gasteiger partial charge in [-0.05, 0) is 85.3 Å². The Kier molecular flexibility index (Phi) is 10.0. The fourth-order valence-corrected chi connectivity index (χ4v) is 8.12. The Labute approximate surface area is 271 Å². The Morgan fingerprint density at radius 1 is 0.935 bits per heavy atom. The SMILES string of the molecule is NC1CC2CCC(C1)N2C(=O)[C@H](N(OC(=O)C(F)(F)F)S(=O)(=O)c1ccc(OCC2CCCC2)cc1)C(F)(F)c1ccc(Br)cc1. The smallest absolute Gasteiger partial charge is 0.492 e. The van der Waals surface area contributed by atoms with E-state index in [9.17, 15) is 31.2 Å². The second kappa shape index (κ2) is 13.4. The molecule has 2 saturated heterocycles. The lowest BCUT2D eigenvalue weighted by Crippen LogP contribution is -2.62. The summed E-state index contributed by atoms with van der Waals surface area (Å²) >= 11 is 3.11. The van der Waals surface area contributed by atoms with Crippen LogP contribution in [0.25, 0.3) is 0 Å². The monoisotopic (exact) mass is 737 g/mol. The maximum Gasteiger partial charge on any atom is 0.492 e. The molecule has 3 aliphatic rings. The molecule has 2 bridgehead atoms. The summed E-state index contributed by atoms with van der Waals surface area (Å²) in [6.07, 6.45) is -0.536. The minimum atomic E-state index is -5.79. The van der Waals surface area contributed by atoms with Crippen molar-refractivity contribution in [3.05, 3.63) is 58.6 Å². The number of halogens is 6. The first kappa shape index (κ1) is 34.5. The number of amides is 1. The lowest BCUT2D eigenvalue weighted by Gasteiger charge is -2.42. The Hall–Kier alpha value is -2.82. The van der Waals surface area contributed by atoms with E-state index in [0.717, 1.165) is 54.8 Å². The van der Waals surface area contributed by atoms with Crippen LogP contribution in [0.15, 0.2) is 57.9 Å². The predicted octanol–water partition coefficient (Wildman–Crippen LogP) is 5.67. The molecule has 2 aromatic carbocycles. The van der Waals surface area contributed by atoms with Crippen molar-refractivity contribution in [2.75, 3.05) is 6.61 Å². The number of rotatable bonds is 10. The van der Waals surface area contributed by atoms with E-state index < -0.39 is 67.1 Å². The molecule has 3 atom stereocenters. The number of alkyl halides is 5. The fraction of sp³-hybridized carbons (Fsp3) is 0.533. The van der Waals surface area contributed by atoms with Crippen molar-refractivity contribution in [2.24, 2.45) is 11.7 Å². The molecule has 0 radical (unpaired) electrons. The third-order valence-corrected chi connectivity index (χ3v) is 10.9. The van der Waals surface area contributed by atoms with Crippen molar-refractivity contribution in [1.82, 2.24) is 9.37 Å². The number of sulfonamides is 1. The number of ether oxygens (including phenoxy) is 1. The van der Waals surface area contributed by atoms with Crippen molar-refractivity contribution >= 4 is 37.8 Å². The molecule has 5 rings (SSSR count). The van der Waals surface area contributed by atoms with Gasteiger partial charge in [-0.15, -0.1) is 0 Å². The summed E-state index contributed by atoms with van der Waals surface area (Å²) < 4.78 is 107. The molecule has 2 aliphatic heterocycles. The van der Waals surface area contributed by atoms with Crippen molar-refractivity contribution in [1.29, 1.82) is 0 Å². The summed E-state index contributed by atoms with van der Waals surface area (Å²) in [6.45, 7) is 0.360. The van der Waals surface area contributed by atoms with E-state index in [-0.39, 0.29) is 24.6 Å². The average molecular weight is 739 g/mol. The molecular formula is C30H33BrF5N3O6S. The zero-order chi connectivity index (χ0) is 33.4. The van der Waals surface area contributed by atoms with E-state index in [1.807, 2.05) is 0 Å². The topological polar surface area (TPSA) is 119 Å². The van der Waals surface area contributed by atoms with E-state index in [1.165, 1.54) is 24.3 Å². The van der Waals surface area contributed by atoms with E-state index in [1.54, 1.807) is 0 Å². The normalized spacial score (nSPS) is 23.0. The highest BCUT2D eigenvalue weighted by Crippen LogP contribution is 2.43. The standard InChI is InChI=1S/C30H33BrF5N3O6S/c31-20-7-5-19(6-8-20)29(32,33)26(27(40)38-22-9-10-23(38)16-21(37)15-22)39(45-28(41)30(34,35)36)46(42,43)25-13-11-24(12-14-25)44-17-18-3-1-2-4-18/h5-8,11-14,18,21-23,26H,1-4,9-10,15-17,37H2/t21?,22?,23?,26-/m0/s1. The molecule has 0 spiro atoms. The van der Waals surface area contributed by atoms with Crippen molar-refractivity contribution in [3.8, 4) is 5.75 Å². The van der Waals surface area contributed by atoms with Gasteiger partial charge in [0.25, 0.3) is 15.9 Å². The number of nitrogens with zero attached hydrogens (tertiary/aromatic N) is 2. The van der Waals surface area contributed by atoms with Crippen LogP contribution in [-0.4, -0.2) is 66.6 Å². The summed E-state index contributed by atoms with van der Waals surface area (Å²) in [7, 11) is -5.54. The van der Waals surface area contributed by atoms with Crippen molar-refractivity contribution in [2.45, 2.75) is 92.5 Å². The van der Waals surface area contributed by atoms with Gasteiger partial charge < -0.3 is 20.2 Å². The quantitative estimate of drug-likeness (QED) is 0.247. The van der Waals surface area contributed by atoms with Crippen LogP contribution in [0.3, 0.4) is 0 Å². The van der Waals surface area contributed by atoms with Gasteiger partial charge in [-0.2, -0.15) is 22.0 Å². The molecule has 2 aromatic rings. The summed E-state index contributed by atoms with van der Waals surface area (Å²) in [4.78, 5) is 30.9. The molecule has 2 heterocycles. The molecule has 2 N–H and O–H groups in total. The van der Waals surface area contributed by atoms with E-state index in [0.29, 0.717) is 29.8 Å². The second-order valence-electron chi connectivity index (χ2n) is 12.0. The number of carbonyl (C=O) groups excluding carboxylic acids is 2. The van der Waals surface area contributed by atoms with Gasteiger partial charge in [0.15, 0.2) is 0 Å². The highest BCUT2D eigenvalue weighted by atomic mass is 79.9. The molecule has 1 saturated carbocycles. The lowest BCUT2D eigenvalue weighted by atomic mass is 9.94. The van der Waals surface area contributed by atoms with Gasteiger partial charge in [0, 0.05) is 28.2 Å². The van der Waals surface area contributed by atoms with Gasteiger partial charge >= 0.3 is 18.1 Å². The molecule has 1 aliphatic carbocycles. The third-order valence-electron chi connectivity index (χ3n) is 8.76. The Morgan fingerprint density at radius 3 is 2.04 bits per heavy atom. The largest absolute Gasteiger partial charge is 0.493 e. The number of carbonyl (C=O) groups is 2. The van der Waals surface area contributed by atoms with Gasteiger partial charge in [0.05, 0.1) is 11.5 Å². The Morgan fingerprint density at radius 2 is 1.50 bits per heavy atom. The number of hydroxylamine groups is 1. The minimum Gasteiger partial charge on any atom is -0.493 e. The Balaban J connectivity index is 1.58. The number of benzene rings is 2. The number of hydrogen-bond donors (Lipinski definition) is 1. The second-order valence-corrected chi connectivity index (χ2v) is 14.7. The third kappa shape index (κ3) is 7.19. The van der Waals surface area contributed by atoms with Gasteiger partial charge in [0.2, 0.25) is 6.04 Å². The summed E-state index contributed by atoms with van der Waals surface area (Å²) in [5.74, 6) is -8.55. The van der Waals surface area contributed by atoms with Crippen LogP contribution in [0, 0.1) is 5.92 Å². The predicted molar refractivity (Wildman–Crippen MR) is 158 cm³/mol. The maximum atomic E-state index is 16.6. The number of nitrogens with two attached hydrogens (primary N) is 1. The molecule has 46 heavy (non-hydrogen) atoms. The molecule has 1 amide bonds. The Bertz CT molecular complexity index is 1510. The molecular weight excluding hydrogens is 705 g/mol. The van der Waals surface area contributed by atoms with Crippen LogP contribution in [0.4, 0.5) is 22.0 Å². The number of fused-ring (bicyclic) bond motifs is 2. The van der Waals surface area contributed by atoms with Crippen molar-refractivity contribution < 1.29 is 49.5 Å². The van der Waals surface area contributed by atoms with Crippen molar-refractivity contribution in [3.63, 3.8) is 0 Å². The molecule has 0 aromatic heterocycles. The highest BCUT2D eigenvalue weighted by Gasteiger charge is 2.60. The molecule has 3 fully saturated rings. The van der Waals surface area contributed by atoms with E-state index in [4.69, 9.17) is 10.5 Å². The summed E-state index contributed by atoms with van der Waals surface area (Å²) in [6, 6.07) is 3.52. The van der Waals surface area contributed by atoms with Crippen LogP contribution in [-0.2, 0) is 30.4 Å². The zero-order valence-electron chi connectivity index (χ0n) is 24.5. The zero-order valence-corrected chi connectivity index (χ0v) is 26.9. The number of piperidine rings is 1. The van der Waals surface area contributed by atoms with Crippen LogP contribution in [0.2, 0.25) is 0 Å². The number of hydrogen-bond acceptors (Lipinski definition) is 7. The first-order valence-electron chi connectivity index (χ1n) is 14.9. The first-order valence-corrected chi connectivity index (χ1v) is 17.1. The maximum absolute atomic E-state index is 16.6. The molecule has 9 nitrogen and oxygen atoms in total. The molecule has 2 unspecified atom stereocenters. The summed E-state index contributed by atoms with van der Waals surface area (Å²) in [5.41, 5.74) is 5.18. The highest BCUT2D eigenvalue weighted by molar-refractivity contribution is 9.10. The van der Waals surface area contributed by atoms with Crippen LogP contribution in [0.1, 0.15) is 56.9 Å². The van der Waals surface area contributed by atoms with Gasteiger partial charge in [0.1, 0.15) is 5.75 Å². The van der Waals surface area contributed by atoms with Crippen LogP contribution >= 0.6 is 15.9 Å². The van der Waals surface area contributed by atoms with E-state index in [2.05, 4.69) is 20.8 Å². The average Bonchev–Trinajstić information content (AvgIpc) is 3.61. The van der Waals surface area contributed by atoms with Gasteiger partial charge in [-0.3, -0.25) is 4.79 Å². The van der Waals surface area contributed by atoms with Crippen LogP contribution in [0.5, 0.6) is 5.75 Å². The lowest BCUT2D eigenvalue weighted by molar-refractivity contribution is -0.240. The van der Waals surface area contributed by atoms with Gasteiger partial charge in [-0.1, -0.05) is 40.9 Å². The fourth-order valence-electron chi connectivity index (χ4n) is 6.50. The minimum absolute atomic E-state index is 0.218. The summed E-state index contributed by atoms with van der Waals surface area (Å²) in [5, 5.41) is 0. The van der Waals surface area contributed by atoms with Crippen LogP contribution < -0.4 is 10.5 Å². The van der Waals surface area contributed by atoms with Gasteiger partial charge in [-0.25, -0.2) is 13.2 Å². The first-order chi connectivity index (χ1) is 21.6.